The van der Waals surface area contributed by atoms with Gasteiger partial charge in [0.2, 0.25) is 5.88 Å². The molecule has 6 heteroatoms. The molecule has 1 saturated heterocycles. The van der Waals surface area contributed by atoms with Crippen LogP contribution in [0.1, 0.15) is 16.8 Å². The van der Waals surface area contributed by atoms with E-state index in [0.717, 1.165) is 34.5 Å². The lowest BCUT2D eigenvalue weighted by molar-refractivity contribution is 0.101. The van der Waals surface area contributed by atoms with Crippen LogP contribution in [-0.4, -0.2) is 33.5 Å². The maximum Gasteiger partial charge on any atom is 0.261 e. The second-order valence-corrected chi connectivity index (χ2v) is 6.97. The molecule has 0 bridgehead atoms. The highest BCUT2D eigenvalue weighted by atomic mass is 32.2. The molecule has 126 valence electrons. The molecule has 1 aliphatic heterocycles. The average molecular weight is 351 g/mol. The van der Waals surface area contributed by atoms with Gasteiger partial charge < -0.3 is 10.1 Å². The second-order valence-electron chi connectivity index (χ2n) is 5.82. The molecule has 5 nitrogen and oxygen atoms in total. The van der Waals surface area contributed by atoms with E-state index >= 15 is 0 Å². The van der Waals surface area contributed by atoms with Gasteiger partial charge in [-0.2, -0.15) is 11.8 Å². The number of thioether (sulfide) groups is 1. The van der Waals surface area contributed by atoms with Gasteiger partial charge in [-0.15, -0.1) is 0 Å². The van der Waals surface area contributed by atoms with Crippen molar-refractivity contribution in [2.75, 3.05) is 16.8 Å². The summed E-state index contributed by atoms with van der Waals surface area (Å²) in [6.07, 6.45) is 4.51. The Hall–Kier alpha value is -2.60. The molecule has 25 heavy (non-hydrogen) atoms. The average Bonchev–Trinajstić information content (AvgIpc) is 3.15. The molecular weight excluding hydrogens is 334 g/mol. The minimum atomic E-state index is -0.225. The molecular formula is C19H17N3O2S. The molecule has 1 aliphatic rings. The number of rotatable bonds is 4. The number of pyridine rings is 2. The van der Waals surface area contributed by atoms with Crippen LogP contribution in [0.3, 0.4) is 0 Å². The van der Waals surface area contributed by atoms with E-state index in [-0.39, 0.29) is 12.0 Å². The fraction of sp³-hybridized carbons (Fsp3) is 0.211. The van der Waals surface area contributed by atoms with Gasteiger partial charge in [-0.3, -0.25) is 9.78 Å². The van der Waals surface area contributed by atoms with Crippen molar-refractivity contribution < 1.29 is 9.53 Å². The lowest BCUT2D eigenvalue weighted by Gasteiger charge is -2.14. The van der Waals surface area contributed by atoms with E-state index in [1.807, 2.05) is 42.1 Å². The molecule has 4 rings (SSSR count). The van der Waals surface area contributed by atoms with E-state index < -0.39 is 0 Å². The Morgan fingerprint density at radius 1 is 1.16 bits per heavy atom. The summed E-state index contributed by atoms with van der Waals surface area (Å²) in [5, 5.41) is 3.90. The zero-order chi connectivity index (χ0) is 17.1. The summed E-state index contributed by atoms with van der Waals surface area (Å²) in [6.45, 7) is 0. The van der Waals surface area contributed by atoms with Crippen LogP contribution in [0.4, 0.5) is 5.69 Å². The number of carbonyl (C=O) groups is 1. The molecule has 1 amide bonds. The molecule has 3 heterocycles. The molecule has 0 aliphatic carbocycles. The van der Waals surface area contributed by atoms with Crippen LogP contribution in [0, 0.1) is 0 Å². The lowest BCUT2D eigenvalue weighted by Crippen LogP contribution is -2.20. The van der Waals surface area contributed by atoms with Gasteiger partial charge in [0.05, 0.1) is 5.52 Å². The van der Waals surface area contributed by atoms with E-state index in [0.29, 0.717) is 11.4 Å². The first-order valence-corrected chi connectivity index (χ1v) is 9.30. The van der Waals surface area contributed by atoms with Crippen molar-refractivity contribution in [1.29, 1.82) is 0 Å². The Kier molecular flexibility index (Phi) is 4.52. The normalized spacial score (nSPS) is 16.7. The summed E-state index contributed by atoms with van der Waals surface area (Å²) >= 11 is 1.86. The van der Waals surface area contributed by atoms with Crippen LogP contribution < -0.4 is 10.1 Å². The Morgan fingerprint density at radius 3 is 2.92 bits per heavy atom. The molecule has 1 N–H and O–H groups in total. The number of amides is 1. The first-order valence-electron chi connectivity index (χ1n) is 8.15. The van der Waals surface area contributed by atoms with Crippen molar-refractivity contribution in [3.05, 3.63) is 60.4 Å². The van der Waals surface area contributed by atoms with Crippen LogP contribution in [0.15, 0.2) is 54.9 Å². The van der Waals surface area contributed by atoms with E-state index in [4.69, 9.17) is 4.74 Å². The number of hydrogen-bond donors (Lipinski definition) is 1. The molecule has 0 radical (unpaired) electrons. The van der Waals surface area contributed by atoms with E-state index in [1.54, 1.807) is 24.5 Å². The van der Waals surface area contributed by atoms with Gasteiger partial charge in [0.1, 0.15) is 11.7 Å². The number of aromatic nitrogens is 2. The third kappa shape index (κ3) is 3.58. The number of carbonyl (C=O) groups excluding carboxylic acids is 1. The maximum atomic E-state index is 12.7. The van der Waals surface area contributed by atoms with E-state index in [2.05, 4.69) is 15.3 Å². The summed E-state index contributed by atoms with van der Waals surface area (Å²) in [7, 11) is 0. The minimum Gasteiger partial charge on any atom is -0.473 e. The maximum absolute atomic E-state index is 12.7. The number of nitrogens with zero attached hydrogens (tertiary/aromatic N) is 2. The minimum absolute atomic E-state index is 0.123. The number of fused-ring (bicyclic) bond motifs is 1. The third-order valence-electron chi connectivity index (χ3n) is 4.04. The van der Waals surface area contributed by atoms with Crippen molar-refractivity contribution in [3.8, 4) is 5.88 Å². The zero-order valence-corrected chi connectivity index (χ0v) is 14.3. The molecule has 2 aromatic heterocycles. The second kappa shape index (κ2) is 7.11. The van der Waals surface area contributed by atoms with Crippen LogP contribution in [0.2, 0.25) is 0 Å². The Balaban J connectivity index is 1.55. The molecule has 0 saturated carbocycles. The summed E-state index contributed by atoms with van der Waals surface area (Å²) in [5.41, 5.74) is 2.06. The quantitative estimate of drug-likeness (QED) is 0.775. The fourth-order valence-corrected chi connectivity index (χ4v) is 3.87. The smallest absolute Gasteiger partial charge is 0.261 e. The third-order valence-corrected chi connectivity index (χ3v) is 5.17. The van der Waals surface area contributed by atoms with Crippen molar-refractivity contribution >= 4 is 34.3 Å². The summed E-state index contributed by atoms with van der Waals surface area (Å²) < 4.78 is 5.93. The largest absolute Gasteiger partial charge is 0.473 e. The highest BCUT2D eigenvalue weighted by molar-refractivity contribution is 7.99. The Morgan fingerprint density at radius 2 is 2.04 bits per heavy atom. The van der Waals surface area contributed by atoms with Crippen molar-refractivity contribution in [2.45, 2.75) is 12.5 Å². The molecule has 1 fully saturated rings. The predicted octanol–water partition coefficient (Wildman–Crippen LogP) is 3.77. The van der Waals surface area contributed by atoms with Gasteiger partial charge in [-0.05, 0) is 48.6 Å². The van der Waals surface area contributed by atoms with Crippen molar-refractivity contribution in [3.63, 3.8) is 0 Å². The van der Waals surface area contributed by atoms with Gasteiger partial charge >= 0.3 is 0 Å². The lowest BCUT2D eigenvalue weighted by atomic mass is 10.2. The number of benzene rings is 1. The summed E-state index contributed by atoms with van der Waals surface area (Å²) in [4.78, 5) is 21.2. The first kappa shape index (κ1) is 15.9. The monoisotopic (exact) mass is 351 g/mol. The number of ether oxygens (including phenoxy) is 1. The van der Waals surface area contributed by atoms with Crippen molar-refractivity contribution in [1.82, 2.24) is 9.97 Å². The number of nitrogens with one attached hydrogen (secondary N) is 1. The summed E-state index contributed by atoms with van der Waals surface area (Å²) in [5.74, 6) is 2.20. The van der Waals surface area contributed by atoms with Crippen LogP contribution in [0.5, 0.6) is 5.88 Å². The zero-order valence-electron chi connectivity index (χ0n) is 13.5. The Bertz CT molecular complexity index is 910. The molecule has 0 spiro atoms. The molecule has 1 atom stereocenters. The van der Waals surface area contributed by atoms with Crippen LogP contribution in [-0.2, 0) is 0 Å². The first-order chi connectivity index (χ1) is 12.3. The molecule has 1 aromatic carbocycles. The topological polar surface area (TPSA) is 64.1 Å². The van der Waals surface area contributed by atoms with Gasteiger partial charge in [-0.1, -0.05) is 6.07 Å². The van der Waals surface area contributed by atoms with Gasteiger partial charge in [-0.25, -0.2) is 4.98 Å². The molecule has 3 aromatic rings. The van der Waals surface area contributed by atoms with Gasteiger partial charge in [0, 0.05) is 29.2 Å². The SMILES string of the molecule is O=C(Nc1ccc2ncccc2c1)c1cccnc1OC1CCSC1. The van der Waals surface area contributed by atoms with E-state index in [1.165, 1.54) is 0 Å². The van der Waals surface area contributed by atoms with Gasteiger partial charge in [0.15, 0.2) is 0 Å². The Labute approximate surface area is 149 Å². The van der Waals surface area contributed by atoms with Gasteiger partial charge in [0.25, 0.3) is 5.91 Å². The summed E-state index contributed by atoms with van der Waals surface area (Å²) in [6, 6.07) is 13.0. The number of anilines is 1. The van der Waals surface area contributed by atoms with Crippen LogP contribution >= 0.6 is 11.8 Å². The number of hydrogen-bond acceptors (Lipinski definition) is 5. The van der Waals surface area contributed by atoms with E-state index in [9.17, 15) is 4.79 Å². The van der Waals surface area contributed by atoms with Crippen LogP contribution in [0.25, 0.3) is 10.9 Å². The predicted molar refractivity (Wildman–Crippen MR) is 100 cm³/mol. The molecule has 1 unspecified atom stereocenters. The fourth-order valence-electron chi connectivity index (χ4n) is 2.77. The highest BCUT2D eigenvalue weighted by Crippen LogP contribution is 2.25. The standard InChI is InChI=1S/C19H17N3O2S/c23-18(22-14-5-6-17-13(11-14)3-1-8-20-17)16-4-2-9-21-19(16)24-15-7-10-25-12-15/h1-6,8-9,11,15H,7,10,12H2,(H,22,23). The van der Waals surface area contributed by atoms with Crippen molar-refractivity contribution in [2.24, 2.45) is 0 Å². The highest BCUT2D eigenvalue weighted by Gasteiger charge is 2.21.